The lowest BCUT2D eigenvalue weighted by atomic mass is 10.2. The van der Waals surface area contributed by atoms with E-state index in [1.54, 1.807) is 0 Å². The number of nitrogens with zero attached hydrogens (tertiary/aromatic N) is 2. The standard InChI is InChI=1S/C14H31N3/c1-4-15-14(2)8-7-9-16(3)12-13-17-10-5-6-11-17/h14-15H,4-13H2,1-3H3. The molecule has 1 saturated heterocycles. The van der Waals surface area contributed by atoms with Gasteiger partial charge in [-0.1, -0.05) is 6.92 Å². The fourth-order valence-electron chi connectivity index (χ4n) is 2.55. The van der Waals surface area contributed by atoms with Crippen molar-refractivity contribution in [2.24, 2.45) is 0 Å². The summed E-state index contributed by atoms with van der Waals surface area (Å²) in [5, 5.41) is 3.47. The second kappa shape index (κ2) is 8.90. The molecular weight excluding hydrogens is 210 g/mol. The Balaban J connectivity index is 1.94. The molecular formula is C14H31N3. The zero-order valence-corrected chi connectivity index (χ0v) is 12.0. The van der Waals surface area contributed by atoms with Gasteiger partial charge in [-0.25, -0.2) is 0 Å². The highest BCUT2D eigenvalue weighted by molar-refractivity contribution is 4.68. The lowest BCUT2D eigenvalue weighted by molar-refractivity contribution is 0.252. The van der Waals surface area contributed by atoms with Gasteiger partial charge in [-0.15, -0.1) is 0 Å². The molecule has 3 nitrogen and oxygen atoms in total. The van der Waals surface area contributed by atoms with Crippen molar-refractivity contribution in [3.63, 3.8) is 0 Å². The number of hydrogen-bond acceptors (Lipinski definition) is 3. The quantitative estimate of drug-likeness (QED) is 0.664. The Bertz CT molecular complexity index is 178. The van der Waals surface area contributed by atoms with E-state index in [9.17, 15) is 0 Å². The third kappa shape index (κ3) is 7.02. The molecule has 1 unspecified atom stereocenters. The van der Waals surface area contributed by atoms with Crippen molar-refractivity contribution in [2.45, 2.75) is 45.6 Å². The van der Waals surface area contributed by atoms with E-state index >= 15 is 0 Å². The molecule has 0 aromatic rings. The number of likely N-dealkylation sites (N-methyl/N-ethyl adjacent to an activating group) is 1. The van der Waals surface area contributed by atoms with Crippen LogP contribution in [-0.2, 0) is 0 Å². The van der Waals surface area contributed by atoms with Crippen LogP contribution in [0, 0.1) is 0 Å². The van der Waals surface area contributed by atoms with Gasteiger partial charge in [-0.3, -0.25) is 0 Å². The first-order valence-electron chi connectivity index (χ1n) is 7.36. The molecule has 0 amide bonds. The van der Waals surface area contributed by atoms with E-state index in [2.05, 4.69) is 36.0 Å². The summed E-state index contributed by atoms with van der Waals surface area (Å²) in [5.74, 6) is 0. The molecule has 3 heteroatoms. The minimum Gasteiger partial charge on any atom is -0.315 e. The van der Waals surface area contributed by atoms with Crippen molar-refractivity contribution in [1.82, 2.24) is 15.1 Å². The van der Waals surface area contributed by atoms with Crippen molar-refractivity contribution in [1.29, 1.82) is 0 Å². The second-order valence-electron chi connectivity index (χ2n) is 5.45. The molecule has 0 aromatic heterocycles. The Kier molecular flexibility index (Phi) is 7.82. The van der Waals surface area contributed by atoms with Gasteiger partial charge < -0.3 is 15.1 Å². The first kappa shape index (κ1) is 14.9. The van der Waals surface area contributed by atoms with E-state index in [-0.39, 0.29) is 0 Å². The number of likely N-dealkylation sites (tertiary alicyclic amines) is 1. The molecule has 0 aromatic carbocycles. The minimum atomic E-state index is 0.673. The summed E-state index contributed by atoms with van der Waals surface area (Å²) in [5.41, 5.74) is 0. The molecule has 1 rings (SSSR count). The molecule has 0 saturated carbocycles. The Labute approximate surface area is 108 Å². The summed E-state index contributed by atoms with van der Waals surface area (Å²) < 4.78 is 0. The van der Waals surface area contributed by atoms with Crippen molar-refractivity contribution >= 4 is 0 Å². The molecule has 0 spiro atoms. The highest BCUT2D eigenvalue weighted by Crippen LogP contribution is 2.06. The molecule has 1 fully saturated rings. The average Bonchev–Trinajstić information content (AvgIpc) is 2.79. The SMILES string of the molecule is CCNC(C)CCCN(C)CCN1CCCC1. The van der Waals surface area contributed by atoms with Gasteiger partial charge in [0.05, 0.1) is 0 Å². The van der Waals surface area contributed by atoms with Gasteiger partial charge in [0, 0.05) is 19.1 Å². The Morgan fingerprint density at radius 1 is 1.24 bits per heavy atom. The molecule has 0 bridgehead atoms. The Morgan fingerprint density at radius 2 is 1.94 bits per heavy atom. The maximum atomic E-state index is 3.47. The van der Waals surface area contributed by atoms with E-state index in [4.69, 9.17) is 0 Å². The Hall–Kier alpha value is -0.120. The molecule has 1 aliphatic heterocycles. The maximum Gasteiger partial charge on any atom is 0.0109 e. The third-order valence-electron chi connectivity index (χ3n) is 3.73. The highest BCUT2D eigenvalue weighted by atomic mass is 15.2. The first-order chi connectivity index (χ1) is 8.22. The van der Waals surface area contributed by atoms with E-state index in [1.165, 1.54) is 58.4 Å². The van der Waals surface area contributed by atoms with Crippen LogP contribution in [0.3, 0.4) is 0 Å². The van der Waals surface area contributed by atoms with E-state index in [1.807, 2.05) is 0 Å². The fourth-order valence-corrected chi connectivity index (χ4v) is 2.55. The van der Waals surface area contributed by atoms with Crippen molar-refractivity contribution in [3.05, 3.63) is 0 Å². The predicted octanol–water partition coefficient (Wildman–Crippen LogP) is 1.79. The van der Waals surface area contributed by atoms with Gasteiger partial charge >= 0.3 is 0 Å². The van der Waals surface area contributed by atoms with Crippen LogP contribution < -0.4 is 5.32 Å². The number of hydrogen-bond donors (Lipinski definition) is 1. The monoisotopic (exact) mass is 241 g/mol. The Morgan fingerprint density at radius 3 is 2.59 bits per heavy atom. The van der Waals surface area contributed by atoms with Crippen LogP contribution in [0.15, 0.2) is 0 Å². The van der Waals surface area contributed by atoms with Crippen molar-refractivity contribution in [3.8, 4) is 0 Å². The summed E-state index contributed by atoms with van der Waals surface area (Å²) in [6.07, 6.45) is 5.42. The normalized spacial score (nSPS) is 19.1. The number of nitrogens with one attached hydrogen (secondary N) is 1. The molecule has 102 valence electrons. The third-order valence-corrected chi connectivity index (χ3v) is 3.73. The summed E-state index contributed by atoms with van der Waals surface area (Å²) in [6.45, 7) is 11.9. The molecule has 1 N–H and O–H groups in total. The molecule has 0 radical (unpaired) electrons. The van der Waals surface area contributed by atoms with Crippen LogP contribution in [-0.4, -0.2) is 62.2 Å². The second-order valence-corrected chi connectivity index (χ2v) is 5.45. The van der Waals surface area contributed by atoms with Gasteiger partial charge in [0.1, 0.15) is 0 Å². The lowest BCUT2D eigenvalue weighted by Crippen LogP contribution is -2.32. The number of rotatable bonds is 9. The van der Waals surface area contributed by atoms with Crippen LogP contribution in [0.4, 0.5) is 0 Å². The van der Waals surface area contributed by atoms with Crippen LogP contribution in [0.25, 0.3) is 0 Å². The zero-order valence-electron chi connectivity index (χ0n) is 12.0. The average molecular weight is 241 g/mol. The summed E-state index contributed by atoms with van der Waals surface area (Å²) in [4.78, 5) is 5.08. The topological polar surface area (TPSA) is 18.5 Å². The molecule has 1 aliphatic rings. The van der Waals surface area contributed by atoms with Crippen LogP contribution in [0.2, 0.25) is 0 Å². The maximum absolute atomic E-state index is 3.47. The molecule has 17 heavy (non-hydrogen) atoms. The molecule has 1 heterocycles. The van der Waals surface area contributed by atoms with E-state index in [0.717, 1.165) is 6.54 Å². The minimum absolute atomic E-state index is 0.673. The molecule has 0 aliphatic carbocycles. The van der Waals surface area contributed by atoms with Gasteiger partial charge in [0.15, 0.2) is 0 Å². The van der Waals surface area contributed by atoms with Crippen molar-refractivity contribution < 1.29 is 0 Å². The van der Waals surface area contributed by atoms with Gasteiger partial charge in [-0.2, -0.15) is 0 Å². The smallest absolute Gasteiger partial charge is 0.0109 e. The summed E-state index contributed by atoms with van der Waals surface area (Å²) in [6, 6.07) is 0.673. The van der Waals surface area contributed by atoms with Crippen LogP contribution in [0.1, 0.15) is 39.5 Å². The van der Waals surface area contributed by atoms with Gasteiger partial charge in [-0.05, 0) is 65.8 Å². The van der Waals surface area contributed by atoms with E-state index < -0.39 is 0 Å². The lowest BCUT2D eigenvalue weighted by Gasteiger charge is -2.22. The van der Waals surface area contributed by atoms with Crippen molar-refractivity contribution in [2.75, 3.05) is 46.3 Å². The van der Waals surface area contributed by atoms with Crippen LogP contribution >= 0.6 is 0 Å². The van der Waals surface area contributed by atoms with Crippen LogP contribution in [0.5, 0.6) is 0 Å². The van der Waals surface area contributed by atoms with E-state index in [0.29, 0.717) is 6.04 Å². The first-order valence-corrected chi connectivity index (χ1v) is 7.36. The van der Waals surface area contributed by atoms with Gasteiger partial charge in [0.2, 0.25) is 0 Å². The fraction of sp³-hybridized carbons (Fsp3) is 1.00. The summed E-state index contributed by atoms with van der Waals surface area (Å²) >= 11 is 0. The molecule has 1 atom stereocenters. The zero-order chi connectivity index (χ0) is 12.5. The predicted molar refractivity (Wildman–Crippen MR) is 75.5 cm³/mol. The summed E-state index contributed by atoms with van der Waals surface area (Å²) in [7, 11) is 2.26. The van der Waals surface area contributed by atoms with Gasteiger partial charge in [0.25, 0.3) is 0 Å². The highest BCUT2D eigenvalue weighted by Gasteiger charge is 2.11. The largest absolute Gasteiger partial charge is 0.315 e.